The predicted molar refractivity (Wildman–Crippen MR) is 149 cm³/mol. The fraction of sp³-hybridized carbons (Fsp3) is 0.438. The lowest BCUT2D eigenvalue weighted by atomic mass is 10.0. The summed E-state index contributed by atoms with van der Waals surface area (Å²) in [4.78, 5) is 30.6. The van der Waals surface area contributed by atoms with Crippen molar-refractivity contribution in [1.29, 1.82) is 0 Å². The SMILES string of the molecule is CCCCCCc1ccc(C(=O)N(CC(=O)N(Cc2ccc(F)cc2)Cc2ccco2)CC2CCCO2)cc1. The molecule has 1 fully saturated rings. The third-order valence-corrected chi connectivity index (χ3v) is 7.15. The average Bonchev–Trinajstić information content (AvgIpc) is 3.66. The summed E-state index contributed by atoms with van der Waals surface area (Å²) in [6, 6.07) is 17.4. The van der Waals surface area contributed by atoms with E-state index in [1.807, 2.05) is 30.3 Å². The minimum atomic E-state index is -0.331. The van der Waals surface area contributed by atoms with Crippen molar-refractivity contribution in [2.24, 2.45) is 0 Å². The number of hydrogen-bond acceptors (Lipinski definition) is 4. The first-order valence-corrected chi connectivity index (χ1v) is 14.1. The second-order valence-electron chi connectivity index (χ2n) is 10.3. The molecule has 39 heavy (non-hydrogen) atoms. The first-order valence-electron chi connectivity index (χ1n) is 14.1. The van der Waals surface area contributed by atoms with Crippen molar-refractivity contribution in [1.82, 2.24) is 9.80 Å². The molecule has 1 aliphatic rings. The van der Waals surface area contributed by atoms with Gasteiger partial charge in [-0.1, -0.05) is 50.5 Å². The quantitative estimate of drug-likeness (QED) is 0.225. The summed E-state index contributed by atoms with van der Waals surface area (Å²) >= 11 is 0. The molecule has 2 amide bonds. The zero-order valence-corrected chi connectivity index (χ0v) is 22.8. The Morgan fingerprint density at radius 3 is 2.36 bits per heavy atom. The van der Waals surface area contributed by atoms with Crippen LogP contribution in [0.2, 0.25) is 0 Å². The van der Waals surface area contributed by atoms with Crippen LogP contribution in [-0.4, -0.2) is 47.4 Å². The molecule has 2 heterocycles. The second kappa shape index (κ2) is 14.6. The molecule has 1 saturated heterocycles. The van der Waals surface area contributed by atoms with Gasteiger partial charge in [0.25, 0.3) is 5.91 Å². The lowest BCUT2D eigenvalue weighted by Crippen LogP contribution is -2.45. The number of hydrogen-bond donors (Lipinski definition) is 0. The Balaban J connectivity index is 1.48. The summed E-state index contributed by atoms with van der Waals surface area (Å²) in [6.45, 7) is 3.66. The number of nitrogens with zero attached hydrogens (tertiary/aromatic N) is 2. The molecule has 0 radical (unpaired) electrons. The standard InChI is InChI=1S/C32H39FN2O4/c1-2-3-4-5-8-25-11-15-27(16-12-25)32(37)35(23-30-10-7-20-39-30)24-31(36)34(22-29-9-6-19-38-29)21-26-13-17-28(33)18-14-26/h6,9,11-19,30H,2-5,7-8,10,20-24H2,1H3. The maximum Gasteiger partial charge on any atom is 0.254 e. The number of carbonyl (C=O) groups excluding carboxylic acids is 2. The van der Waals surface area contributed by atoms with Gasteiger partial charge >= 0.3 is 0 Å². The maximum atomic E-state index is 13.7. The van der Waals surface area contributed by atoms with Gasteiger partial charge in [-0.05, 0) is 73.2 Å². The van der Waals surface area contributed by atoms with Crippen molar-refractivity contribution in [3.63, 3.8) is 0 Å². The zero-order chi connectivity index (χ0) is 27.5. The molecule has 3 aromatic rings. The number of aryl methyl sites for hydroxylation is 1. The number of amides is 2. The summed E-state index contributed by atoms with van der Waals surface area (Å²) in [5.41, 5.74) is 2.57. The Hall–Kier alpha value is -3.45. The zero-order valence-electron chi connectivity index (χ0n) is 22.8. The van der Waals surface area contributed by atoms with Crippen LogP contribution < -0.4 is 0 Å². The molecule has 4 rings (SSSR count). The van der Waals surface area contributed by atoms with Gasteiger partial charge in [-0.15, -0.1) is 0 Å². The molecule has 0 aliphatic carbocycles. The van der Waals surface area contributed by atoms with E-state index in [2.05, 4.69) is 6.92 Å². The molecule has 0 N–H and O–H groups in total. The van der Waals surface area contributed by atoms with Crippen molar-refractivity contribution in [2.45, 2.75) is 71.1 Å². The van der Waals surface area contributed by atoms with Crippen LogP contribution in [0.5, 0.6) is 0 Å². The van der Waals surface area contributed by atoms with Crippen molar-refractivity contribution in [3.05, 3.63) is 95.2 Å². The van der Waals surface area contributed by atoms with Crippen LogP contribution in [0.1, 0.15) is 72.7 Å². The number of rotatable bonds is 14. The normalized spacial score (nSPS) is 14.9. The topological polar surface area (TPSA) is 63.0 Å². The van der Waals surface area contributed by atoms with Crippen molar-refractivity contribution >= 4 is 11.8 Å². The number of benzene rings is 2. The fourth-order valence-corrected chi connectivity index (χ4v) is 4.90. The Morgan fingerprint density at radius 1 is 0.923 bits per heavy atom. The highest BCUT2D eigenvalue weighted by atomic mass is 19.1. The van der Waals surface area contributed by atoms with E-state index >= 15 is 0 Å². The van der Waals surface area contributed by atoms with Gasteiger partial charge in [0.05, 0.1) is 18.9 Å². The third kappa shape index (κ3) is 8.79. The van der Waals surface area contributed by atoms with Gasteiger partial charge < -0.3 is 19.0 Å². The van der Waals surface area contributed by atoms with Crippen LogP contribution in [0.3, 0.4) is 0 Å². The monoisotopic (exact) mass is 534 g/mol. The Bertz CT molecular complexity index is 1160. The van der Waals surface area contributed by atoms with E-state index in [0.29, 0.717) is 24.5 Å². The smallest absolute Gasteiger partial charge is 0.254 e. The van der Waals surface area contributed by atoms with E-state index in [4.69, 9.17) is 9.15 Å². The Labute approximate surface area is 230 Å². The van der Waals surface area contributed by atoms with Gasteiger partial charge in [-0.25, -0.2) is 4.39 Å². The van der Waals surface area contributed by atoms with E-state index in [1.165, 1.54) is 37.0 Å². The van der Waals surface area contributed by atoms with Crippen molar-refractivity contribution in [3.8, 4) is 0 Å². The molecule has 7 heteroatoms. The van der Waals surface area contributed by atoms with Gasteiger partial charge in [0, 0.05) is 25.3 Å². The molecule has 208 valence electrons. The number of halogens is 1. The predicted octanol–water partition coefficient (Wildman–Crippen LogP) is 6.39. The highest BCUT2D eigenvalue weighted by Gasteiger charge is 2.27. The fourth-order valence-electron chi connectivity index (χ4n) is 4.90. The number of unbranched alkanes of at least 4 members (excludes halogenated alkanes) is 3. The van der Waals surface area contributed by atoms with Crippen LogP contribution >= 0.6 is 0 Å². The number of carbonyl (C=O) groups is 2. The summed E-state index contributed by atoms with van der Waals surface area (Å²) in [7, 11) is 0. The Kier molecular flexibility index (Phi) is 10.7. The molecular formula is C32H39FN2O4. The first kappa shape index (κ1) is 28.6. The molecule has 6 nitrogen and oxygen atoms in total. The summed E-state index contributed by atoms with van der Waals surface area (Å²) in [6.07, 6.45) is 9.07. The molecule has 1 atom stereocenters. The summed E-state index contributed by atoms with van der Waals surface area (Å²) in [5, 5.41) is 0. The maximum absolute atomic E-state index is 13.7. The number of ether oxygens (including phenoxy) is 1. The van der Waals surface area contributed by atoms with Gasteiger partial charge in [0.2, 0.25) is 5.91 Å². The molecule has 0 saturated carbocycles. The number of furan rings is 1. The van der Waals surface area contributed by atoms with Crippen LogP contribution in [0, 0.1) is 5.82 Å². The van der Waals surface area contributed by atoms with E-state index in [-0.39, 0.29) is 43.4 Å². The van der Waals surface area contributed by atoms with Crippen LogP contribution in [0.15, 0.2) is 71.3 Å². The second-order valence-corrected chi connectivity index (χ2v) is 10.3. The van der Waals surface area contributed by atoms with E-state index in [0.717, 1.165) is 31.2 Å². The van der Waals surface area contributed by atoms with E-state index in [1.54, 1.807) is 34.3 Å². The molecule has 1 aromatic heterocycles. The Morgan fingerprint density at radius 2 is 1.69 bits per heavy atom. The van der Waals surface area contributed by atoms with Crippen LogP contribution in [0.4, 0.5) is 4.39 Å². The van der Waals surface area contributed by atoms with E-state index < -0.39 is 0 Å². The minimum Gasteiger partial charge on any atom is -0.467 e. The van der Waals surface area contributed by atoms with Crippen molar-refractivity contribution < 1.29 is 23.1 Å². The molecule has 0 bridgehead atoms. The van der Waals surface area contributed by atoms with Gasteiger partial charge in [-0.3, -0.25) is 9.59 Å². The third-order valence-electron chi connectivity index (χ3n) is 7.15. The van der Waals surface area contributed by atoms with Gasteiger partial charge in [0.15, 0.2) is 0 Å². The molecule has 0 spiro atoms. The minimum absolute atomic E-state index is 0.0840. The molecule has 2 aromatic carbocycles. The van der Waals surface area contributed by atoms with Gasteiger partial charge in [-0.2, -0.15) is 0 Å². The first-order chi connectivity index (χ1) is 19.0. The highest BCUT2D eigenvalue weighted by molar-refractivity contribution is 5.96. The highest BCUT2D eigenvalue weighted by Crippen LogP contribution is 2.18. The lowest BCUT2D eigenvalue weighted by molar-refractivity contribution is -0.133. The summed E-state index contributed by atoms with van der Waals surface area (Å²) < 4.78 is 24.8. The van der Waals surface area contributed by atoms with Crippen LogP contribution in [-0.2, 0) is 29.0 Å². The van der Waals surface area contributed by atoms with E-state index in [9.17, 15) is 14.0 Å². The lowest BCUT2D eigenvalue weighted by Gasteiger charge is -2.29. The molecule has 1 aliphatic heterocycles. The van der Waals surface area contributed by atoms with Gasteiger partial charge in [0.1, 0.15) is 18.1 Å². The average molecular weight is 535 g/mol. The largest absolute Gasteiger partial charge is 0.467 e. The molecular weight excluding hydrogens is 495 g/mol. The molecule has 1 unspecified atom stereocenters. The summed E-state index contributed by atoms with van der Waals surface area (Å²) in [5.74, 6) is -0.0919. The van der Waals surface area contributed by atoms with Crippen molar-refractivity contribution in [2.75, 3.05) is 19.7 Å². The van der Waals surface area contributed by atoms with Crippen LogP contribution in [0.25, 0.3) is 0 Å².